The molecule has 1 saturated carbocycles. The third-order valence-corrected chi connectivity index (χ3v) is 4.24. The van der Waals surface area contributed by atoms with Crippen LogP contribution in [0.5, 0.6) is 0 Å². The van der Waals surface area contributed by atoms with Crippen LogP contribution in [0.1, 0.15) is 42.4 Å². The molecule has 0 bridgehead atoms. The number of nitrogens with one attached hydrogen (secondary N) is 1. The Morgan fingerprint density at radius 1 is 1.29 bits per heavy atom. The van der Waals surface area contributed by atoms with Gasteiger partial charge in [0.05, 0.1) is 12.3 Å². The molecule has 1 aliphatic rings. The van der Waals surface area contributed by atoms with Crippen molar-refractivity contribution in [3.8, 4) is 0 Å². The Kier molecular flexibility index (Phi) is 4.99. The van der Waals surface area contributed by atoms with E-state index in [1.54, 1.807) is 0 Å². The molecule has 1 aromatic carbocycles. The van der Waals surface area contributed by atoms with Gasteiger partial charge in [-0.25, -0.2) is 0 Å². The zero-order chi connectivity index (χ0) is 15.4. The van der Waals surface area contributed by atoms with E-state index in [1.807, 2.05) is 32.0 Å². The molecule has 0 aliphatic heterocycles. The van der Waals surface area contributed by atoms with E-state index in [4.69, 9.17) is 5.11 Å². The fourth-order valence-electron chi connectivity index (χ4n) is 2.99. The number of benzene rings is 1. The number of amides is 1. The number of carboxylic acids is 1. The number of carbonyl (C=O) groups excluding carboxylic acids is 1. The molecule has 0 heterocycles. The Hall–Kier alpha value is -1.84. The van der Waals surface area contributed by atoms with Crippen molar-refractivity contribution >= 4 is 11.9 Å². The van der Waals surface area contributed by atoms with Crippen LogP contribution in [0.4, 0.5) is 0 Å². The van der Waals surface area contributed by atoms with Crippen LogP contribution in [0.15, 0.2) is 18.2 Å². The van der Waals surface area contributed by atoms with Crippen LogP contribution < -0.4 is 5.32 Å². The molecule has 2 N–H and O–H groups in total. The molecule has 0 aromatic heterocycles. The average Bonchev–Trinajstić information content (AvgIpc) is 2.43. The van der Waals surface area contributed by atoms with E-state index in [0.717, 1.165) is 36.0 Å². The smallest absolute Gasteiger partial charge is 0.306 e. The van der Waals surface area contributed by atoms with Gasteiger partial charge in [-0.15, -0.1) is 0 Å². The third kappa shape index (κ3) is 4.31. The first-order chi connectivity index (χ1) is 9.95. The number of aryl methyl sites for hydroxylation is 2. The number of hydrogen-bond acceptors (Lipinski definition) is 2. The predicted octanol–water partition coefficient (Wildman–Crippen LogP) is 2.61. The van der Waals surface area contributed by atoms with Gasteiger partial charge >= 0.3 is 5.97 Å². The van der Waals surface area contributed by atoms with Crippen molar-refractivity contribution in [1.29, 1.82) is 0 Å². The molecule has 4 nitrogen and oxygen atoms in total. The van der Waals surface area contributed by atoms with Gasteiger partial charge in [-0.1, -0.05) is 30.2 Å². The topological polar surface area (TPSA) is 66.4 Å². The second-order valence-corrected chi connectivity index (χ2v) is 6.07. The van der Waals surface area contributed by atoms with Crippen LogP contribution in [0.3, 0.4) is 0 Å². The van der Waals surface area contributed by atoms with Crippen molar-refractivity contribution in [2.75, 3.05) is 0 Å². The fourth-order valence-corrected chi connectivity index (χ4v) is 2.99. The van der Waals surface area contributed by atoms with Crippen molar-refractivity contribution in [1.82, 2.24) is 5.32 Å². The summed E-state index contributed by atoms with van der Waals surface area (Å²) in [6.45, 7) is 4.02. The summed E-state index contributed by atoms with van der Waals surface area (Å²) >= 11 is 0. The van der Waals surface area contributed by atoms with E-state index < -0.39 is 5.97 Å². The maximum Gasteiger partial charge on any atom is 0.306 e. The minimum atomic E-state index is -0.747. The summed E-state index contributed by atoms with van der Waals surface area (Å²) in [6.07, 6.45) is 3.38. The summed E-state index contributed by atoms with van der Waals surface area (Å²) in [5.74, 6) is -1.08. The molecular formula is C17H23NO3. The Morgan fingerprint density at radius 2 is 2.05 bits per heavy atom. The zero-order valence-corrected chi connectivity index (χ0v) is 12.7. The zero-order valence-electron chi connectivity index (χ0n) is 12.7. The lowest BCUT2D eigenvalue weighted by Gasteiger charge is -2.27. The molecule has 114 valence electrons. The Balaban J connectivity index is 1.92. The lowest BCUT2D eigenvalue weighted by atomic mass is 9.85. The second kappa shape index (κ2) is 6.74. The first-order valence-corrected chi connectivity index (χ1v) is 7.54. The highest BCUT2D eigenvalue weighted by molar-refractivity contribution is 5.79. The van der Waals surface area contributed by atoms with E-state index >= 15 is 0 Å². The first-order valence-electron chi connectivity index (χ1n) is 7.54. The molecule has 2 rings (SSSR count). The number of aliphatic carboxylic acids is 1. The highest BCUT2D eigenvalue weighted by Crippen LogP contribution is 2.24. The summed E-state index contributed by atoms with van der Waals surface area (Å²) in [5, 5.41) is 12.1. The molecule has 2 unspecified atom stereocenters. The van der Waals surface area contributed by atoms with Gasteiger partial charge in [-0.05, 0) is 44.2 Å². The molecular weight excluding hydrogens is 266 g/mol. The lowest BCUT2D eigenvalue weighted by molar-refractivity contribution is -0.143. The molecule has 0 spiro atoms. The Labute approximate surface area is 125 Å². The normalized spacial score (nSPS) is 21.8. The van der Waals surface area contributed by atoms with E-state index in [9.17, 15) is 9.59 Å². The van der Waals surface area contributed by atoms with Gasteiger partial charge in [-0.3, -0.25) is 9.59 Å². The van der Waals surface area contributed by atoms with Crippen LogP contribution in [0.25, 0.3) is 0 Å². The largest absolute Gasteiger partial charge is 0.481 e. The minimum absolute atomic E-state index is 0.00235. The highest BCUT2D eigenvalue weighted by Gasteiger charge is 2.27. The Morgan fingerprint density at radius 3 is 2.76 bits per heavy atom. The first kappa shape index (κ1) is 15.5. The van der Waals surface area contributed by atoms with Crippen molar-refractivity contribution in [2.24, 2.45) is 5.92 Å². The second-order valence-electron chi connectivity index (χ2n) is 6.07. The quantitative estimate of drug-likeness (QED) is 0.895. The molecule has 21 heavy (non-hydrogen) atoms. The van der Waals surface area contributed by atoms with Crippen LogP contribution in [0, 0.1) is 19.8 Å². The van der Waals surface area contributed by atoms with Crippen molar-refractivity contribution in [2.45, 2.75) is 52.0 Å². The molecule has 1 aromatic rings. The minimum Gasteiger partial charge on any atom is -0.481 e. The van der Waals surface area contributed by atoms with Crippen LogP contribution >= 0.6 is 0 Å². The highest BCUT2D eigenvalue weighted by atomic mass is 16.4. The molecule has 4 heteroatoms. The summed E-state index contributed by atoms with van der Waals surface area (Å²) in [7, 11) is 0. The van der Waals surface area contributed by atoms with Gasteiger partial charge < -0.3 is 10.4 Å². The fraction of sp³-hybridized carbons (Fsp3) is 0.529. The number of hydrogen-bond donors (Lipinski definition) is 2. The molecule has 1 aliphatic carbocycles. The number of rotatable bonds is 4. The van der Waals surface area contributed by atoms with Crippen LogP contribution in [0.2, 0.25) is 0 Å². The molecule has 1 amide bonds. The van der Waals surface area contributed by atoms with Gasteiger partial charge in [0.15, 0.2) is 0 Å². The molecule has 1 fully saturated rings. The summed E-state index contributed by atoms with van der Waals surface area (Å²) in [6, 6.07) is 6.10. The van der Waals surface area contributed by atoms with Gasteiger partial charge in [0, 0.05) is 6.04 Å². The SMILES string of the molecule is Cc1ccc(C)c(CC(=O)NC2CCCC(C(=O)O)C2)c1. The van der Waals surface area contributed by atoms with E-state index in [2.05, 4.69) is 5.32 Å². The van der Waals surface area contributed by atoms with Crippen LogP contribution in [-0.2, 0) is 16.0 Å². The molecule has 2 atom stereocenters. The van der Waals surface area contributed by atoms with Gasteiger partial charge in [0.2, 0.25) is 5.91 Å². The van der Waals surface area contributed by atoms with Crippen molar-refractivity contribution < 1.29 is 14.7 Å². The van der Waals surface area contributed by atoms with Crippen molar-refractivity contribution in [3.05, 3.63) is 34.9 Å². The predicted molar refractivity (Wildman–Crippen MR) is 81.1 cm³/mol. The monoisotopic (exact) mass is 289 g/mol. The summed E-state index contributed by atoms with van der Waals surface area (Å²) in [4.78, 5) is 23.2. The summed E-state index contributed by atoms with van der Waals surface area (Å²) in [5.41, 5.74) is 3.30. The third-order valence-electron chi connectivity index (χ3n) is 4.24. The van der Waals surface area contributed by atoms with E-state index in [0.29, 0.717) is 12.8 Å². The van der Waals surface area contributed by atoms with Gasteiger partial charge in [0.25, 0.3) is 0 Å². The van der Waals surface area contributed by atoms with E-state index in [-0.39, 0.29) is 17.9 Å². The van der Waals surface area contributed by atoms with Gasteiger partial charge in [-0.2, -0.15) is 0 Å². The van der Waals surface area contributed by atoms with E-state index in [1.165, 1.54) is 0 Å². The number of carboxylic acid groups (broad SMARTS) is 1. The van der Waals surface area contributed by atoms with Crippen LogP contribution in [-0.4, -0.2) is 23.0 Å². The maximum atomic E-state index is 12.2. The van der Waals surface area contributed by atoms with Gasteiger partial charge in [0.1, 0.15) is 0 Å². The molecule has 0 saturated heterocycles. The van der Waals surface area contributed by atoms with Crippen molar-refractivity contribution in [3.63, 3.8) is 0 Å². The number of carbonyl (C=O) groups is 2. The lowest BCUT2D eigenvalue weighted by Crippen LogP contribution is -2.40. The Bertz CT molecular complexity index is 539. The average molecular weight is 289 g/mol. The maximum absolute atomic E-state index is 12.2. The standard InChI is InChI=1S/C17H23NO3/c1-11-6-7-12(2)14(8-11)10-16(19)18-15-5-3-4-13(9-15)17(20)21/h6-8,13,15H,3-5,9-10H2,1-2H3,(H,18,19)(H,20,21). The molecule has 0 radical (unpaired) electrons. The summed E-state index contributed by atoms with van der Waals surface area (Å²) < 4.78 is 0.